The first-order valence-electron chi connectivity index (χ1n) is 10.1. The van der Waals surface area contributed by atoms with Crippen LogP contribution in [0.4, 0.5) is 0 Å². The van der Waals surface area contributed by atoms with Crippen LogP contribution in [-0.4, -0.2) is 66.7 Å². The molecule has 1 unspecified atom stereocenters. The number of β-amino-alcohol motifs (C(OH)–C–C–N with tert-alkyl or cyclic N) is 1. The van der Waals surface area contributed by atoms with Crippen molar-refractivity contribution < 1.29 is 5.11 Å². The van der Waals surface area contributed by atoms with Crippen LogP contribution in [0.15, 0.2) is 46.8 Å². The molecule has 152 valence electrons. The molecule has 6 heteroatoms. The predicted molar refractivity (Wildman–Crippen MR) is 118 cm³/mol. The van der Waals surface area contributed by atoms with Crippen molar-refractivity contribution in [3.05, 3.63) is 57.8 Å². The Morgan fingerprint density at radius 1 is 1.29 bits per heavy atom. The monoisotopic (exact) mass is 400 g/mol. The van der Waals surface area contributed by atoms with Gasteiger partial charge in [-0.3, -0.25) is 9.89 Å². The van der Waals surface area contributed by atoms with Crippen LogP contribution in [0.2, 0.25) is 0 Å². The summed E-state index contributed by atoms with van der Waals surface area (Å²) >= 11 is 1.79. The molecular weight excluding hydrogens is 368 g/mol. The van der Waals surface area contributed by atoms with E-state index in [1.165, 1.54) is 16.0 Å². The molecule has 0 saturated heterocycles. The fraction of sp³-hybridized carbons (Fsp3) is 0.500. The van der Waals surface area contributed by atoms with Gasteiger partial charge in [-0.1, -0.05) is 30.3 Å². The van der Waals surface area contributed by atoms with Crippen LogP contribution in [0.3, 0.4) is 0 Å². The number of aliphatic hydroxyl groups excluding tert-OH is 1. The number of hydrogen-bond donors (Lipinski definition) is 2. The lowest BCUT2D eigenvalue weighted by atomic mass is 10.00. The Labute approximate surface area is 172 Å². The normalized spacial score (nSPS) is 15.9. The first-order valence-corrected chi connectivity index (χ1v) is 11.0. The average Bonchev–Trinajstić information content (AvgIpc) is 3.23. The largest absolute Gasteiger partial charge is 0.390 e. The second-order valence-electron chi connectivity index (χ2n) is 7.35. The van der Waals surface area contributed by atoms with E-state index in [9.17, 15) is 5.11 Å². The second kappa shape index (κ2) is 10.6. The van der Waals surface area contributed by atoms with Crippen molar-refractivity contribution in [2.24, 2.45) is 4.99 Å². The van der Waals surface area contributed by atoms with Gasteiger partial charge in [0, 0.05) is 44.6 Å². The minimum Gasteiger partial charge on any atom is -0.390 e. The molecule has 2 aromatic rings. The fourth-order valence-electron chi connectivity index (χ4n) is 3.57. The molecule has 0 bridgehead atoms. The molecule has 1 aliphatic rings. The Morgan fingerprint density at radius 3 is 2.86 bits per heavy atom. The van der Waals surface area contributed by atoms with Crippen LogP contribution in [-0.2, 0) is 19.4 Å². The molecule has 2 N–H and O–H groups in total. The molecule has 0 aliphatic carbocycles. The molecule has 0 saturated carbocycles. The summed E-state index contributed by atoms with van der Waals surface area (Å²) in [6.07, 6.45) is 1.61. The molecule has 0 fully saturated rings. The summed E-state index contributed by atoms with van der Waals surface area (Å²) in [5, 5.41) is 16.0. The van der Waals surface area contributed by atoms with Gasteiger partial charge in [0.15, 0.2) is 5.96 Å². The van der Waals surface area contributed by atoms with E-state index in [1.807, 2.05) is 0 Å². The molecule has 5 nitrogen and oxygen atoms in total. The van der Waals surface area contributed by atoms with Crippen LogP contribution < -0.4 is 5.32 Å². The van der Waals surface area contributed by atoms with Crippen molar-refractivity contribution in [3.8, 4) is 0 Å². The van der Waals surface area contributed by atoms with Crippen LogP contribution in [0.5, 0.6) is 0 Å². The first kappa shape index (κ1) is 20.8. The maximum Gasteiger partial charge on any atom is 0.193 e. The van der Waals surface area contributed by atoms with Crippen molar-refractivity contribution in [2.75, 3.05) is 39.8 Å². The summed E-state index contributed by atoms with van der Waals surface area (Å²) in [7, 11) is 2.06. The second-order valence-corrected chi connectivity index (χ2v) is 8.39. The van der Waals surface area contributed by atoms with Gasteiger partial charge in [0.05, 0.1) is 12.6 Å². The lowest BCUT2D eigenvalue weighted by molar-refractivity contribution is 0.111. The number of rotatable bonds is 8. The van der Waals surface area contributed by atoms with Crippen LogP contribution in [0, 0.1) is 0 Å². The van der Waals surface area contributed by atoms with Crippen LogP contribution in [0.25, 0.3) is 0 Å². The van der Waals surface area contributed by atoms with Gasteiger partial charge >= 0.3 is 0 Å². The summed E-state index contributed by atoms with van der Waals surface area (Å²) in [4.78, 5) is 10.5. The third-order valence-electron chi connectivity index (χ3n) is 5.10. The zero-order valence-electron chi connectivity index (χ0n) is 17.0. The topological polar surface area (TPSA) is 51.1 Å². The highest BCUT2D eigenvalue weighted by molar-refractivity contribution is 7.09. The molecule has 0 spiro atoms. The minimum atomic E-state index is -0.454. The SMILES string of the molecule is CCNC(=NCC(O)CN1CCc2ccccc2C1)N(C)CCc1cccs1. The summed E-state index contributed by atoms with van der Waals surface area (Å²) in [6.45, 7) is 6.80. The zero-order valence-corrected chi connectivity index (χ0v) is 17.8. The summed E-state index contributed by atoms with van der Waals surface area (Å²) < 4.78 is 0. The van der Waals surface area contributed by atoms with Gasteiger partial charge in [-0.05, 0) is 42.3 Å². The number of benzene rings is 1. The molecular formula is C22H32N4OS. The van der Waals surface area contributed by atoms with Gasteiger partial charge in [0.25, 0.3) is 0 Å². The Kier molecular flexibility index (Phi) is 7.89. The molecule has 3 rings (SSSR count). The van der Waals surface area contributed by atoms with Gasteiger partial charge in [-0.15, -0.1) is 11.3 Å². The highest BCUT2D eigenvalue weighted by Gasteiger charge is 2.18. The van der Waals surface area contributed by atoms with Crippen molar-refractivity contribution in [3.63, 3.8) is 0 Å². The van der Waals surface area contributed by atoms with Crippen molar-refractivity contribution >= 4 is 17.3 Å². The molecule has 2 heterocycles. The lowest BCUT2D eigenvalue weighted by Crippen LogP contribution is -2.41. The number of guanidine groups is 1. The Bertz CT molecular complexity index is 747. The van der Waals surface area contributed by atoms with E-state index in [4.69, 9.17) is 0 Å². The highest BCUT2D eigenvalue weighted by Crippen LogP contribution is 2.18. The van der Waals surface area contributed by atoms with Crippen LogP contribution in [0.1, 0.15) is 22.9 Å². The number of nitrogens with zero attached hydrogens (tertiary/aromatic N) is 3. The highest BCUT2D eigenvalue weighted by atomic mass is 32.1. The lowest BCUT2D eigenvalue weighted by Gasteiger charge is -2.30. The van der Waals surface area contributed by atoms with E-state index in [-0.39, 0.29) is 0 Å². The van der Waals surface area contributed by atoms with Gasteiger partial charge in [0.2, 0.25) is 0 Å². The van der Waals surface area contributed by atoms with E-state index in [2.05, 4.69) is 75.9 Å². The number of aliphatic hydroxyl groups is 1. The maximum atomic E-state index is 10.5. The summed E-state index contributed by atoms with van der Waals surface area (Å²) in [5.74, 6) is 0.863. The first-order chi connectivity index (χ1) is 13.7. The number of likely N-dealkylation sites (N-methyl/N-ethyl adjacent to an activating group) is 1. The van der Waals surface area contributed by atoms with Gasteiger partial charge in [0.1, 0.15) is 0 Å². The molecule has 1 atom stereocenters. The number of thiophene rings is 1. The Balaban J connectivity index is 1.49. The molecule has 28 heavy (non-hydrogen) atoms. The standard InChI is InChI=1S/C22H32N4OS/c1-3-23-22(25(2)12-11-21-9-6-14-28-21)24-15-20(27)17-26-13-10-18-7-4-5-8-19(18)16-26/h4-9,14,20,27H,3,10-13,15-17H2,1-2H3,(H,23,24). The van der Waals surface area contributed by atoms with E-state index in [0.717, 1.165) is 45.0 Å². The van der Waals surface area contributed by atoms with E-state index >= 15 is 0 Å². The molecule has 1 aliphatic heterocycles. The number of hydrogen-bond acceptors (Lipinski definition) is 4. The van der Waals surface area contributed by atoms with Crippen molar-refractivity contribution in [2.45, 2.75) is 32.4 Å². The minimum absolute atomic E-state index is 0.420. The molecule has 1 aromatic carbocycles. The van der Waals surface area contributed by atoms with E-state index < -0.39 is 6.10 Å². The number of aliphatic imine (C=N–C) groups is 1. The zero-order chi connectivity index (χ0) is 19.8. The molecule has 0 amide bonds. The average molecular weight is 401 g/mol. The third-order valence-corrected chi connectivity index (χ3v) is 6.04. The number of nitrogens with one attached hydrogen (secondary N) is 1. The van der Waals surface area contributed by atoms with Crippen LogP contribution >= 0.6 is 11.3 Å². The van der Waals surface area contributed by atoms with Crippen molar-refractivity contribution in [1.29, 1.82) is 0 Å². The number of fused-ring (bicyclic) bond motifs is 1. The Morgan fingerprint density at radius 2 is 2.11 bits per heavy atom. The van der Waals surface area contributed by atoms with Crippen molar-refractivity contribution in [1.82, 2.24) is 15.1 Å². The Hall–Kier alpha value is -1.89. The van der Waals surface area contributed by atoms with Gasteiger partial charge in [-0.25, -0.2) is 0 Å². The summed E-state index contributed by atoms with van der Waals surface area (Å²) in [5.41, 5.74) is 2.82. The summed E-state index contributed by atoms with van der Waals surface area (Å²) in [6, 6.07) is 12.9. The predicted octanol–water partition coefficient (Wildman–Crippen LogP) is 2.61. The van der Waals surface area contributed by atoms with E-state index in [0.29, 0.717) is 13.1 Å². The maximum absolute atomic E-state index is 10.5. The molecule has 1 aromatic heterocycles. The quantitative estimate of drug-likeness (QED) is 0.528. The van der Waals surface area contributed by atoms with Gasteiger partial charge in [-0.2, -0.15) is 0 Å². The molecule has 0 radical (unpaired) electrons. The van der Waals surface area contributed by atoms with Gasteiger partial charge < -0.3 is 15.3 Å². The van der Waals surface area contributed by atoms with E-state index in [1.54, 1.807) is 11.3 Å². The fourth-order valence-corrected chi connectivity index (χ4v) is 4.26. The smallest absolute Gasteiger partial charge is 0.193 e. The third kappa shape index (κ3) is 6.06.